The van der Waals surface area contributed by atoms with Crippen LogP contribution in [0.2, 0.25) is 0 Å². The standard InChI is InChI=1S/C21H25NO4/c1-13(2)16-8-6-7-9-18(16)22-20(23)15(4)26-21(24)17-12-14(3)10-11-19(17)25-5/h6-13,15H,1-5H3,(H,22,23)/t15-/m0/s1. The van der Waals surface area contributed by atoms with Crippen LogP contribution in [0.1, 0.15) is 48.2 Å². The maximum atomic E-state index is 12.5. The van der Waals surface area contributed by atoms with Gasteiger partial charge in [0.05, 0.1) is 7.11 Å². The van der Waals surface area contributed by atoms with Crippen molar-refractivity contribution in [3.05, 3.63) is 59.2 Å². The number of benzene rings is 2. The highest BCUT2D eigenvalue weighted by Crippen LogP contribution is 2.24. The van der Waals surface area contributed by atoms with Gasteiger partial charge < -0.3 is 14.8 Å². The van der Waals surface area contributed by atoms with Crippen LogP contribution in [0.25, 0.3) is 0 Å². The van der Waals surface area contributed by atoms with E-state index in [0.717, 1.165) is 16.8 Å². The number of carbonyl (C=O) groups excluding carboxylic acids is 2. The van der Waals surface area contributed by atoms with E-state index in [1.165, 1.54) is 7.11 Å². The maximum Gasteiger partial charge on any atom is 0.342 e. The third-order valence-corrected chi connectivity index (χ3v) is 4.07. The Morgan fingerprint density at radius 3 is 2.38 bits per heavy atom. The van der Waals surface area contributed by atoms with Crippen molar-refractivity contribution in [3.63, 3.8) is 0 Å². The third-order valence-electron chi connectivity index (χ3n) is 4.07. The SMILES string of the molecule is COc1ccc(C)cc1C(=O)O[C@@H](C)C(=O)Nc1ccccc1C(C)C. The Morgan fingerprint density at radius 1 is 1.04 bits per heavy atom. The van der Waals surface area contributed by atoms with Gasteiger partial charge in [-0.1, -0.05) is 43.7 Å². The molecule has 2 aromatic rings. The summed E-state index contributed by atoms with van der Waals surface area (Å²) in [6.45, 7) is 7.53. The van der Waals surface area contributed by atoms with Crippen molar-refractivity contribution in [3.8, 4) is 5.75 Å². The summed E-state index contributed by atoms with van der Waals surface area (Å²) in [5, 5.41) is 2.84. The van der Waals surface area contributed by atoms with Gasteiger partial charge in [-0.05, 0) is 43.5 Å². The van der Waals surface area contributed by atoms with E-state index >= 15 is 0 Å². The molecule has 0 spiro atoms. The first-order valence-corrected chi connectivity index (χ1v) is 8.59. The van der Waals surface area contributed by atoms with Gasteiger partial charge in [0.25, 0.3) is 5.91 Å². The van der Waals surface area contributed by atoms with E-state index in [1.54, 1.807) is 19.1 Å². The Morgan fingerprint density at radius 2 is 1.73 bits per heavy atom. The molecule has 2 rings (SSSR count). The van der Waals surface area contributed by atoms with E-state index in [4.69, 9.17) is 9.47 Å². The second-order valence-corrected chi connectivity index (χ2v) is 6.48. The number of hydrogen-bond donors (Lipinski definition) is 1. The monoisotopic (exact) mass is 355 g/mol. The quantitative estimate of drug-likeness (QED) is 0.784. The fraction of sp³-hybridized carbons (Fsp3) is 0.333. The molecule has 0 saturated heterocycles. The molecule has 0 saturated carbocycles. The Kier molecular flexibility index (Phi) is 6.39. The third kappa shape index (κ3) is 4.63. The van der Waals surface area contributed by atoms with E-state index in [-0.39, 0.29) is 11.8 Å². The predicted octanol–water partition coefficient (Wildman–Crippen LogP) is 4.31. The van der Waals surface area contributed by atoms with E-state index in [9.17, 15) is 9.59 Å². The largest absolute Gasteiger partial charge is 0.496 e. The molecule has 0 fully saturated rings. The van der Waals surface area contributed by atoms with Crippen molar-refractivity contribution in [2.45, 2.75) is 39.7 Å². The first kappa shape index (κ1) is 19.5. The van der Waals surface area contributed by atoms with Gasteiger partial charge in [-0.15, -0.1) is 0 Å². The Bertz CT molecular complexity index is 798. The van der Waals surface area contributed by atoms with E-state index in [0.29, 0.717) is 11.3 Å². The fourth-order valence-corrected chi connectivity index (χ4v) is 2.61. The highest BCUT2D eigenvalue weighted by Gasteiger charge is 2.22. The first-order valence-electron chi connectivity index (χ1n) is 8.59. The molecule has 5 heteroatoms. The number of ether oxygens (including phenoxy) is 2. The lowest BCUT2D eigenvalue weighted by atomic mass is 10.0. The molecule has 1 N–H and O–H groups in total. The normalized spacial score (nSPS) is 11.8. The molecule has 138 valence electrons. The number of amides is 1. The molecule has 1 amide bonds. The molecule has 1 atom stereocenters. The van der Waals surface area contributed by atoms with E-state index in [1.807, 2.05) is 37.3 Å². The molecule has 0 aliphatic rings. The number of para-hydroxylation sites is 1. The van der Waals surface area contributed by atoms with Crippen LogP contribution in [0.15, 0.2) is 42.5 Å². The van der Waals surface area contributed by atoms with E-state index < -0.39 is 12.1 Å². The summed E-state index contributed by atoms with van der Waals surface area (Å²) in [5.74, 6) is -0.289. The van der Waals surface area contributed by atoms with Crippen molar-refractivity contribution in [1.82, 2.24) is 0 Å². The molecule has 0 radical (unpaired) electrons. The zero-order valence-electron chi connectivity index (χ0n) is 15.8. The summed E-state index contributed by atoms with van der Waals surface area (Å²) < 4.78 is 10.5. The smallest absolute Gasteiger partial charge is 0.342 e. The van der Waals surface area contributed by atoms with Gasteiger partial charge in [-0.3, -0.25) is 4.79 Å². The van der Waals surface area contributed by atoms with Crippen LogP contribution in [-0.2, 0) is 9.53 Å². The fourth-order valence-electron chi connectivity index (χ4n) is 2.61. The Balaban J connectivity index is 2.10. The second kappa shape index (κ2) is 8.52. The van der Waals surface area contributed by atoms with Crippen molar-refractivity contribution < 1.29 is 19.1 Å². The zero-order chi connectivity index (χ0) is 19.3. The lowest BCUT2D eigenvalue weighted by Crippen LogP contribution is -2.30. The molecular formula is C21H25NO4. The van der Waals surface area contributed by atoms with E-state index in [2.05, 4.69) is 19.2 Å². The Hall–Kier alpha value is -2.82. The van der Waals surface area contributed by atoms with Crippen LogP contribution in [0.4, 0.5) is 5.69 Å². The molecule has 0 aromatic heterocycles. The lowest BCUT2D eigenvalue weighted by Gasteiger charge is -2.17. The summed E-state index contributed by atoms with van der Waals surface area (Å²) in [4.78, 5) is 24.9. The van der Waals surface area contributed by atoms with Crippen LogP contribution >= 0.6 is 0 Å². The average Bonchev–Trinajstić information content (AvgIpc) is 2.61. The molecule has 0 aliphatic heterocycles. The molecule has 0 aliphatic carbocycles. The van der Waals surface area contributed by atoms with Crippen LogP contribution in [-0.4, -0.2) is 25.1 Å². The summed E-state index contributed by atoms with van der Waals surface area (Å²) in [6, 6.07) is 12.8. The van der Waals surface area contributed by atoms with Crippen LogP contribution in [0, 0.1) is 6.92 Å². The summed E-state index contributed by atoms with van der Waals surface area (Å²) in [6.07, 6.45) is -0.937. The topological polar surface area (TPSA) is 64.6 Å². The summed E-state index contributed by atoms with van der Waals surface area (Å²) >= 11 is 0. The van der Waals surface area contributed by atoms with Gasteiger partial charge >= 0.3 is 5.97 Å². The van der Waals surface area contributed by atoms with Gasteiger partial charge in [-0.2, -0.15) is 0 Å². The summed E-state index contributed by atoms with van der Waals surface area (Å²) in [5.41, 5.74) is 2.96. The number of carbonyl (C=O) groups is 2. The molecule has 0 heterocycles. The van der Waals surface area contributed by atoms with Crippen LogP contribution in [0.3, 0.4) is 0 Å². The minimum absolute atomic E-state index is 0.265. The van der Waals surface area contributed by atoms with Gasteiger partial charge in [0.2, 0.25) is 0 Å². The number of methoxy groups -OCH3 is 1. The molecule has 2 aromatic carbocycles. The number of hydrogen-bond acceptors (Lipinski definition) is 4. The lowest BCUT2D eigenvalue weighted by molar-refractivity contribution is -0.123. The highest BCUT2D eigenvalue weighted by atomic mass is 16.5. The number of anilines is 1. The molecule has 5 nitrogen and oxygen atoms in total. The number of aryl methyl sites for hydroxylation is 1. The van der Waals surface area contributed by atoms with Crippen LogP contribution in [0.5, 0.6) is 5.75 Å². The highest BCUT2D eigenvalue weighted by molar-refractivity contribution is 5.98. The number of rotatable bonds is 6. The van der Waals surface area contributed by atoms with Crippen molar-refractivity contribution in [1.29, 1.82) is 0 Å². The molecule has 26 heavy (non-hydrogen) atoms. The van der Waals surface area contributed by atoms with Crippen LogP contribution < -0.4 is 10.1 Å². The second-order valence-electron chi connectivity index (χ2n) is 6.48. The Labute approximate surface area is 154 Å². The predicted molar refractivity (Wildman–Crippen MR) is 102 cm³/mol. The molecule has 0 unspecified atom stereocenters. The van der Waals surface area contributed by atoms with Gasteiger partial charge in [0.1, 0.15) is 11.3 Å². The average molecular weight is 355 g/mol. The molecular weight excluding hydrogens is 330 g/mol. The van der Waals surface area contributed by atoms with Crippen molar-refractivity contribution in [2.24, 2.45) is 0 Å². The number of esters is 1. The summed E-state index contributed by atoms with van der Waals surface area (Å²) in [7, 11) is 1.49. The minimum Gasteiger partial charge on any atom is -0.496 e. The maximum absolute atomic E-state index is 12.5. The minimum atomic E-state index is -0.937. The van der Waals surface area contributed by atoms with Crippen molar-refractivity contribution in [2.75, 3.05) is 12.4 Å². The number of nitrogens with one attached hydrogen (secondary N) is 1. The van der Waals surface area contributed by atoms with Gasteiger partial charge in [0, 0.05) is 5.69 Å². The van der Waals surface area contributed by atoms with Gasteiger partial charge in [0.15, 0.2) is 6.10 Å². The zero-order valence-corrected chi connectivity index (χ0v) is 15.8. The van der Waals surface area contributed by atoms with Crippen molar-refractivity contribution >= 4 is 17.6 Å². The molecule has 0 bridgehead atoms. The first-order chi connectivity index (χ1) is 12.3. The van der Waals surface area contributed by atoms with Gasteiger partial charge in [-0.25, -0.2) is 4.79 Å².